The van der Waals surface area contributed by atoms with Crippen LogP contribution in [0.4, 0.5) is 0 Å². The van der Waals surface area contributed by atoms with Crippen LogP contribution in [0.2, 0.25) is 5.15 Å². The Morgan fingerprint density at radius 3 is 2.76 bits per heavy atom. The summed E-state index contributed by atoms with van der Waals surface area (Å²) < 4.78 is 0. The van der Waals surface area contributed by atoms with E-state index < -0.39 is 0 Å². The van der Waals surface area contributed by atoms with Gasteiger partial charge in [-0.2, -0.15) is 0 Å². The highest BCUT2D eigenvalue weighted by Crippen LogP contribution is 2.22. The van der Waals surface area contributed by atoms with Gasteiger partial charge in [0.25, 0.3) is 0 Å². The topological polar surface area (TPSA) is 29.0 Å². The van der Waals surface area contributed by atoms with Gasteiger partial charge in [0.15, 0.2) is 0 Å². The summed E-state index contributed by atoms with van der Waals surface area (Å²) in [6, 6.07) is 10.2. The van der Waals surface area contributed by atoms with Gasteiger partial charge in [-0.05, 0) is 26.1 Å². The van der Waals surface area contributed by atoms with Crippen molar-refractivity contribution < 1.29 is 0 Å². The summed E-state index contributed by atoms with van der Waals surface area (Å²) in [4.78, 5) is 11.2. The van der Waals surface area contributed by atoms with Gasteiger partial charge in [0.2, 0.25) is 0 Å². The number of para-hydroxylation sites is 1. The molecular weight excluding hydrogens is 302 g/mol. The summed E-state index contributed by atoms with van der Waals surface area (Å²) in [7, 11) is 2.07. The fraction of sp³-hybridized carbons (Fsp3) is 0.250. The minimum Gasteiger partial charge on any atom is -0.296 e. The van der Waals surface area contributed by atoms with E-state index in [1.807, 2.05) is 25.1 Å². The molecule has 3 rings (SSSR count). The molecular formula is C16H16ClN3S. The SMILES string of the molecule is Cc1nc(CN(C)Cc2cc3ccccc3nc2Cl)cs1. The molecule has 21 heavy (non-hydrogen) atoms. The van der Waals surface area contributed by atoms with Crippen LogP contribution in [0, 0.1) is 6.92 Å². The molecule has 0 saturated carbocycles. The number of benzene rings is 1. The lowest BCUT2D eigenvalue weighted by atomic mass is 10.1. The molecule has 0 saturated heterocycles. The van der Waals surface area contributed by atoms with Crippen LogP contribution in [0.3, 0.4) is 0 Å². The van der Waals surface area contributed by atoms with Crippen LogP contribution in [0.25, 0.3) is 10.9 Å². The first-order valence-corrected chi connectivity index (χ1v) is 8.01. The van der Waals surface area contributed by atoms with E-state index in [0.29, 0.717) is 5.15 Å². The quantitative estimate of drug-likeness (QED) is 0.672. The smallest absolute Gasteiger partial charge is 0.134 e. The van der Waals surface area contributed by atoms with E-state index in [0.717, 1.165) is 40.3 Å². The molecule has 0 aliphatic carbocycles. The van der Waals surface area contributed by atoms with Gasteiger partial charge in [0.1, 0.15) is 5.15 Å². The van der Waals surface area contributed by atoms with Gasteiger partial charge in [0.05, 0.1) is 16.2 Å². The zero-order valence-electron chi connectivity index (χ0n) is 12.0. The maximum Gasteiger partial charge on any atom is 0.134 e. The van der Waals surface area contributed by atoms with E-state index >= 15 is 0 Å². The Bertz CT molecular complexity index is 769. The number of hydrogen-bond acceptors (Lipinski definition) is 4. The zero-order valence-corrected chi connectivity index (χ0v) is 13.6. The second kappa shape index (κ2) is 6.10. The number of rotatable bonds is 4. The standard InChI is InChI=1S/C16H16ClN3S/c1-11-18-14(10-21-11)9-20(2)8-13-7-12-5-3-4-6-15(12)19-16(13)17/h3-7,10H,8-9H2,1-2H3. The summed E-state index contributed by atoms with van der Waals surface area (Å²) in [5.74, 6) is 0. The minimum absolute atomic E-state index is 0.579. The summed E-state index contributed by atoms with van der Waals surface area (Å²) in [6.07, 6.45) is 0. The van der Waals surface area contributed by atoms with E-state index in [1.54, 1.807) is 11.3 Å². The molecule has 0 bridgehead atoms. The number of nitrogens with zero attached hydrogens (tertiary/aromatic N) is 3. The number of fused-ring (bicyclic) bond motifs is 1. The second-order valence-corrected chi connectivity index (χ2v) is 6.58. The van der Waals surface area contributed by atoms with E-state index in [2.05, 4.69) is 39.4 Å². The molecule has 0 N–H and O–H groups in total. The van der Waals surface area contributed by atoms with Crippen LogP contribution in [0.5, 0.6) is 0 Å². The van der Waals surface area contributed by atoms with Crippen LogP contribution in [-0.2, 0) is 13.1 Å². The molecule has 0 amide bonds. The third-order valence-corrected chi connectivity index (χ3v) is 4.44. The Labute approximate surface area is 133 Å². The van der Waals surface area contributed by atoms with Crippen molar-refractivity contribution in [1.29, 1.82) is 0 Å². The molecule has 3 aromatic rings. The van der Waals surface area contributed by atoms with Gasteiger partial charge in [-0.25, -0.2) is 9.97 Å². The number of halogens is 1. The molecule has 0 aliphatic rings. The van der Waals surface area contributed by atoms with Gasteiger partial charge in [-0.1, -0.05) is 29.8 Å². The fourth-order valence-corrected chi connectivity index (χ4v) is 3.16. The first-order valence-electron chi connectivity index (χ1n) is 6.75. The highest BCUT2D eigenvalue weighted by Gasteiger charge is 2.09. The van der Waals surface area contributed by atoms with Crippen LogP contribution in [0.1, 0.15) is 16.3 Å². The van der Waals surface area contributed by atoms with E-state index in [4.69, 9.17) is 11.6 Å². The number of aromatic nitrogens is 2. The van der Waals surface area contributed by atoms with Crippen molar-refractivity contribution in [2.75, 3.05) is 7.05 Å². The zero-order chi connectivity index (χ0) is 14.8. The average Bonchev–Trinajstić information content (AvgIpc) is 2.85. The van der Waals surface area contributed by atoms with Gasteiger partial charge in [-0.3, -0.25) is 4.90 Å². The highest BCUT2D eigenvalue weighted by atomic mass is 35.5. The Hall–Kier alpha value is -1.49. The van der Waals surface area contributed by atoms with Gasteiger partial charge in [0, 0.05) is 29.4 Å². The van der Waals surface area contributed by atoms with Crippen molar-refractivity contribution in [2.45, 2.75) is 20.0 Å². The lowest BCUT2D eigenvalue weighted by Crippen LogP contribution is -2.18. The Balaban J connectivity index is 1.79. The van der Waals surface area contributed by atoms with E-state index in [9.17, 15) is 0 Å². The molecule has 5 heteroatoms. The van der Waals surface area contributed by atoms with Crippen molar-refractivity contribution in [3.8, 4) is 0 Å². The number of pyridine rings is 1. The lowest BCUT2D eigenvalue weighted by Gasteiger charge is -2.16. The third kappa shape index (κ3) is 3.40. The minimum atomic E-state index is 0.579. The molecule has 0 radical (unpaired) electrons. The predicted octanol–water partition coefficient (Wildman–Crippen LogP) is 4.29. The van der Waals surface area contributed by atoms with Crippen LogP contribution in [0.15, 0.2) is 35.7 Å². The largest absolute Gasteiger partial charge is 0.296 e. The molecule has 0 fully saturated rings. The molecule has 108 valence electrons. The van der Waals surface area contributed by atoms with Gasteiger partial charge >= 0.3 is 0 Å². The monoisotopic (exact) mass is 317 g/mol. The van der Waals surface area contributed by atoms with Crippen molar-refractivity contribution in [3.05, 3.63) is 57.1 Å². The van der Waals surface area contributed by atoms with Crippen molar-refractivity contribution in [2.24, 2.45) is 0 Å². The first-order chi connectivity index (χ1) is 10.1. The molecule has 1 aromatic carbocycles. The third-order valence-electron chi connectivity index (χ3n) is 3.29. The molecule has 0 aliphatic heterocycles. The van der Waals surface area contributed by atoms with Crippen molar-refractivity contribution in [3.63, 3.8) is 0 Å². The normalized spacial score (nSPS) is 11.4. The van der Waals surface area contributed by atoms with E-state index in [1.165, 1.54) is 0 Å². The Morgan fingerprint density at radius 2 is 2.00 bits per heavy atom. The summed E-state index contributed by atoms with van der Waals surface area (Å²) >= 11 is 7.98. The lowest BCUT2D eigenvalue weighted by molar-refractivity contribution is 0.315. The fourth-order valence-electron chi connectivity index (χ4n) is 2.35. The van der Waals surface area contributed by atoms with Crippen LogP contribution >= 0.6 is 22.9 Å². The maximum absolute atomic E-state index is 6.30. The molecule has 0 spiro atoms. The van der Waals surface area contributed by atoms with Gasteiger partial charge < -0.3 is 0 Å². The maximum atomic E-state index is 6.30. The Morgan fingerprint density at radius 1 is 1.19 bits per heavy atom. The summed E-state index contributed by atoms with van der Waals surface area (Å²) in [5, 5.41) is 4.90. The average molecular weight is 318 g/mol. The van der Waals surface area contributed by atoms with Crippen molar-refractivity contribution in [1.82, 2.24) is 14.9 Å². The first kappa shape index (κ1) is 14.4. The molecule has 2 aromatic heterocycles. The molecule has 2 heterocycles. The highest BCUT2D eigenvalue weighted by molar-refractivity contribution is 7.09. The van der Waals surface area contributed by atoms with Gasteiger partial charge in [-0.15, -0.1) is 11.3 Å². The molecule has 0 unspecified atom stereocenters. The van der Waals surface area contributed by atoms with Crippen LogP contribution < -0.4 is 0 Å². The second-order valence-electron chi connectivity index (χ2n) is 5.16. The number of aryl methyl sites for hydroxylation is 1. The summed E-state index contributed by atoms with van der Waals surface area (Å²) in [5.41, 5.74) is 3.08. The predicted molar refractivity (Wildman–Crippen MR) is 88.8 cm³/mol. The van der Waals surface area contributed by atoms with Crippen LogP contribution in [-0.4, -0.2) is 21.9 Å². The summed E-state index contributed by atoms with van der Waals surface area (Å²) in [6.45, 7) is 3.60. The molecule has 0 atom stereocenters. The Kier molecular flexibility index (Phi) is 4.19. The number of hydrogen-bond donors (Lipinski definition) is 0. The van der Waals surface area contributed by atoms with E-state index in [-0.39, 0.29) is 0 Å². The van der Waals surface area contributed by atoms with Crippen molar-refractivity contribution >= 4 is 33.8 Å². The number of thiazole rings is 1. The molecule has 3 nitrogen and oxygen atoms in total.